The number of rotatable bonds is 4. The molecule has 5 nitrogen and oxygen atoms in total. The topological polar surface area (TPSA) is 66.9 Å². The molecule has 0 fully saturated rings. The second kappa shape index (κ2) is 7.40. The van der Waals surface area contributed by atoms with E-state index in [1.807, 2.05) is 0 Å². The second-order valence-electron chi connectivity index (χ2n) is 5.11. The van der Waals surface area contributed by atoms with Gasteiger partial charge in [-0.15, -0.1) is 10.2 Å². The van der Waals surface area contributed by atoms with Gasteiger partial charge in [0.15, 0.2) is 29.1 Å². The minimum absolute atomic E-state index is 0.0146. The van der Waals surface area contributed by atoms with Crippen molar-refractivity contribution < 1.29 is 18.0 Å². The average Bonchev–Trinajstić information content (AvgIpc) is 2.63. The number of carbonyl (C=O) groups is 1. The highest BCUT2D eigenvalue weighted by atomic mass is 35.5. The fourth-order valence-corrected chi connectivity index (χ4v) is 2.16. The van der Waals surface area contributed by atoms with Crippen LogP contribution in [0.15, 0.2) is 48.5 Å². The van der Waals surface area contributed by atoms with E-state index in [9.17, 15) is 18.0 Å². The number of benzene rings is 2. The van der Waals surface area contributed by atoms with Crippen LogP contribution in [0.1, 0.15) is 10.4 Å². The third-order valence-electron chi connectivity index (χ3n) is 3.30. The minimum atomic E-state index is -1.72. The van der Waals surface area contributed by atoms with Crippen molar-refractivity contribution in [3.63, 3.8) is 0 Å². The summed E-state index contributed by atoms with van der Waals surface area (Å²) in [4.78, 5) is 12.0. The monoisotopic (exact) mass is 378 g/mol. The minimum Gasteiger partial charge on any atom is -0.339 e. The first kappa shape index (κ1) is 17.7. The Bertz CT molecular complexity index is 949. The molecule has 3 rings (SSSR count). The zero-order valence-electron chi connectivity index (χ0n) is 12.9. The largest absolute Gasteiger partial charge is 0.339 e. The van der Waals surface area contributed by atoms with Gasteiger partial charge in [-0.25, -0.2) is 13.2 Å². The Hall–Kier alpha value is -3.13. The molecule has 2 N–H and O–H groups in total. The van der Waals surface area contributed by atoms with Gasteiger partial charge in [0, 0.05) is 10.7 Å². The van der Waals surface area contributed by atoms with Crippen LogP contribution in [-0.4, -0.2) is 16.1 Å². The molecule has 1 amide bonds. The van der Waals surface area contributed by atoms with Crippen LogP contribution in [0.25, 0.3) is 0 Å². The van der Waals surface area contributed by atoms with E-state index in [1.165, 1.54) is 12.1 Å². The van der Waals surface area contributed by atoms with Crippen LogP contribution in [-0.2, 0) is 0 Å². The maximum absolute atomic E-state index is 13.6. The molecule has 0 saturated carbocycles. The van der Waals surface area contributed by atoms with Gasteiger partial charge in [0.25, 0.3) is 5.91 Å². The Morgan fingerprint density at radius 1 is 0.846 bits per heavy atom. The highest BCUT2D eigenvalue weighted by Crippen LogP contribution is 2.19. The predicted octanol–water partition coefficient (Wildman–Crippen LogP) is 4.54. The molecule has 0 aliphatic heterocycles. The van der Waals surface area contributed by atoms with Crippen molar-refractivity contribution in [3.8, 4) is 0 Å². The SMILES string of the molecule is O=C(Nc1ccc(Nc2ccc(Cl)cc2)nn1)c1ccc(F)c(F)c1F. The quantitative estimate of drug-likeness (QED) is 0.654. The molecule has 1 heterocycles. The summed E-state index contributed by atoms with van der Waals surface area (Å²) in [6.07, 6.45) is 0. The molecule has 3 aromatic rings. The number of carbonyl (C=O) groups excluding carboxylic acids is 1. The summed E-state index contributed by atoms with van der Waals surface area (Å²) in [6, 6.07) is 11.3. The van der Waals surface area contributed by atoms with Crippen LogP contribution in [0.3, 0.4) is 0 Å². The zero-order chi connectivity index (χ0) is 18.7. The van der Waals surface area contributed by atoms with Gasteiger partial charge in [0.2, 0.25) is 0 Å². The van der Waals surface area contributed by atoms with Crippen molar-refractivity contribution in [2.45, 2.75) is 0 Å². The molecule has 0 bridgehead atoms. The standard InChI is InChI=1S/C17H10ClF3N4O/c18-9-1-3-10(4-2-9)22-13-7-8-14(25-24-13)23-17(26)11-5-6-12(19)16(21)15(11)20/h1-8H,(H,22,24)(H,23,25,26). The van der Waals surface area contributed by atoms with Gasteiger partial charge < -0.3 is 10.6 Å². The Balaban J connectivity index is 1.70. The third-order valence-corrected chi connectivity index (χ3v) is 3.55. The van der Waals surface area contributed by atoms with Crippen LogP contribution in [0.5, 0.6) is 0 Å². The normalized spacial score (nSPS) is 10.5. The maximum atomic E-state index is 13.6. The number of hydrogen-bond donors (Lipinski definition) is 2. The van der Waals surface area contributed by atoms with E-state index in [-0.39, 0.29) is 5.82 Å². The van der Waals surface area contributed by atoms with Crippen molar-refractivity contribution in [1.29, 1.82) is 0 Å². The lowest BCUT2D eigenvalue weighted by molar-refractivity contribution is 0.102. The van der Waals surface area contributed by atoms with E-state index < -0.39 is 28.9 Å². The highest BCUT2D eigenvalue weighted by Gasteiger charge is 2.19. The van der Waals surface area contributed by atoms with Crippen molar-refractivity contribution in [2.75, 3.05) is 10.6 Å². The number of hydrogen-bond acceptors (Lipinski definition) is 4. The molecule has 0 aliphatic carbocycles. The molecule has 9 heteroatoms. The van der Waals surface area contributed by atoms with Crippen molar-refractivity contribution in [2.24, 2.45) is 0 Å². The third kappa shape index (κ3) is 3.92. The van der Waals surface area contributed by atoms with Crippen molar-refractivity contribution in [3.05, 3.63) is 76.6 Å². The fourth-order valence-electron chi connectivity index (χ4n) is 2.03. The van der Waals surface area contributed by atoms with Crippen molar-refractivity contribution >= 4 is 34.8 Å². The molecule has 0 unspecified atom stereocenters. The molecule has 0 saturated heterocycles. The number of halogens is 4. The first-order chi connectivity index (χ1) is 12.4. The number of nitrogens with zero attached hydrogens (tertiary/aromatic N) is 2. The lowest BCUT2D eigenvalue weighted by Crippen LogP contribution is -2.16. The highest BCUT2D eigenvalue weighted by molar-refractivity contribution is 6.30. The molecule has 0 spiro atoms. The van der Waals surface area contributed by atoms with E-state index in [4.69, 9.17) is 11.6 Å². The summed E-state index contributed by atoms with van der Waals surface area (Å²) in [7, 11) is 0. The Labute approximate surface area is 150 Å². The van der Waals surface area contributed by atoms with Crippen LogP contribution < -0.4 is 10.6 Å². The van der Waals surface area contributed by atoms with Crippen molar-refractivity contribution in [1.82, 2.24) is 10.2 Å². The van der Waals surface area contributed by atoms with Crippen LogP contribution in [0.4, 0.5) is 30.5 Å². The maximum Gasteiger partial charge on any atom is 0.259 e. The van der Waals surface area contributed by atoms with Gasteiger partial charge in [-0.05, 0) is 48.5 Å². The predicted molar refractivity (Wildman–Crippen MR) is 91.0 cm³/mol. The number of aromatic nitrogens is 2. The molecule has 0 atom stereocenters. The molecular formula is C17H10ClF3N4O. The molecule has 26 heavy (non-hydrogen) atoms. The molecule has 0 aliphatic rings. The van der Waals surface area contributed by atoms with E-state index in [0.717, 1.165) is 11.8 Å². The summed E-state index contributed by atoms with van der Waals surface area (Å²) < 4.78 is 39.7. The summed E-state index contributed by atoms with van der Waals surface area (Å²) in [5, 5.41) is 13.4. The molecule has 1 aromatic heterocycles. The van der Waals surface area contributed by atoms with Gasteiger partial charge >= 0.3 is 0 Å². The summed E-state index contributed by atoms with van der Waals surface area (Å²) in [5.74, 6) is -5.24. The van der Waals surface area contributed by atoms with E-state index in [1.54, 1.807) is 24.3 Å². The van der Waals surface area contributed by atoms with Gasteiger partial charge in [-0.2, -0.15) is 0 Å². The van der Waals surface area contributed by atoms with E-state index in [0.29, 0.717) is 16.9 Å². The zero-order valence-corrected chi connectivity index (χ0v) is 13.7. The number of amides is 1. The average molecular weight is 379 g/mol. The fraction of sp³-hybridized carbons (Fsp3) is 0. The van der Waals surface area contributed by atoms with Crippen LogP contribution in [0.2, 0.25) is 5.02 Å². The van der Waals surface area contributed by atoms with Crippen LogP contribution in [0, 0.1) is 17.5 Å². The lowest BCUT2D eigenvalue weighted by atomic mass is 10.2. The molecular weight excluding hydrogens is 369 g/mol. The van der Waals surface area contributed by atoms with E-state index >= 15 is 0 Å². The van der Waals surface area contributed by atoms with Gasteiger partial charge in [-0.1, -0.05) is 11.6 Å². The molecule has 132 valence electrons. The second-order valence-corrected chi connectivity index (χ2v) is 5.55. The number of nitrogens with one attached hydrogen (secondary N) is 2. The first-order valence-corrected chi connectivity index (χ1v) is 7.63. The molecule has 2 aromatic carbocycles. The molecule has 0 radical (unpaired) electrons. The number of anilines is 3. The van der Waals surface area contributed by atoms with Gasteiger partial charge in [0.1, 0.15) is 0 Å². The Morgan fingerprint density at radius 3 is 2.15 bits per heavy atom. The summed E-state index contributed by atoms with van der Waals surface area (Å²) in [6.45, 7) is 0. The lowest BCUT2D eigenvalue weighted by Gasteiger charge is -2.08. The van der Waals surface area contributed by atoms with E-state index in [2.05, 4.69) is 20.8 Å². The Kier molecular flexibility index (Phi) is 5.04. The smallest absolute Gasteiger partial charge is 0.259 e. The van der Waals surface area contributed by atoms with Gasteiger partial charge in [-0.3, -0.25) is 4.79 Å². The summed E-state index contributed by atoms with van der Waals surface area (Å²) in [5.41, 5.74) is 0.0819. The summed E-state index contributed by atoms with van der Waals surface area (Å²) >= 11 is 5.80. The van der Waals surface area contributed by atoms with Gasteiger partial charge in [0.05, 0.1) is 5.56 Å². The Morgan fingerprint density at radius 2 is 1.50 bits per heavy atom. The van der Waals surface area contributed by atoms with Crippen LogP contribution >= 0.6 is 11.6 Å². The first-order valence-electron chi connectivity index (χ1n) is 7.25.